The first-order chi connectivity index (χ1) is 15.9. The molecule has 0 saturated carbocycles. The number of hydrogen-bond donors (Lipinski definition) is 2. The standard InChI is InChI=1S/C22H27N5O5S/c1-13(2)5-8-23-18(28)14-6-9-27(10-7-14)22(30)21-26-25-20(33-21)19(29)24-15-3-4-16-17(11-15)32-12-31-16/h3-4,11,13-14H,5-10,12H2,1-2H3,(H,23,28)(H,24,29). The van der Waals surface area contributed by atoms with Crippen LogP contribution >= 0.6 is 11.3 Å². The fourth-order valence-corrected chi connectivity index (χ4v) is 4.38. The highest BCUT2D eigenvalue weighted by Crippen LogP contribution is 2.34. The van der Waals surface area contributed by atoms with Crippen LogP contribution in [0.1, 0.15) is 52.7 Å². The second-order valence-corrected chi connectivity index (χ2v) is 9.45. The molecule has 33 heavy (non-hydrogen) atoms. The monoisotopic (exact) mass is 473 g/mol. The van der Waals surface area contributed by atoms with Crippen molar-refractivity contribution in [3.8, 4) is 11.5 Å². The second-order valence-electron chi connectivity index (χ2n) is 8.47. The van der Waals surface area contributed by atoms with E-state index in [0.29, 0.717) is 55.6 Å². The van der Waals surface area contributed by atoms with Crippen LogP contribution in [0.15, 0.2) is 18.2 Å². The Morgan fingerprint density at radius 1 is 1.12 bits per heavy atom. The highest BCUT2D eigenvalue weighted by atomic mass is 32.1. The maximum Gasteiger partial charge on any atom is 0.286 e. The molecule has 3 heterocycles. The van der Waals surface area contributed by atoms with Gasteiger partial charge in [0.1, 0.15) is 0 Å². The van der Waals surface area contributed by atoms with E-state index in [0.717, 1.165) is 17.8 Å². The number of anilines is 1. The molecule has 1 aromatic heterocycles. The minimum Gasteiger partial charge on any atom is -0.454 e. The number of ether oxygens (including phenoxy) is 2. The molecule has 0 unspecified atom stereocenters. The molecule has 1 fully saturated rings. The number of fused-ring (bicyclic) bond motifs is 1. The normalized spacial score (nSPS) is 15.5. The van der Waals surface area contributed by atoms with E-state index in [1.54, 1.807) is 23.1 Å². The molecular weight excluding hydrogens is 446 g/mol. The highest BCUT2D eigenvalue weighted by Gasteiger charge is 2.29. The number of carbonyl (C=O) groups excluding carboxylic acids is 3. The van der Waals surface area contributed by atoms with Gasteiger partial charge in [-0.15, -0.1) is 10.2 Å². The van der Waals surface area contributed by atoms with Gasteiger partial charge in [-0.2, -0.15) is 0 Å². The minimum atomic E-state index is -0.456. The Bertz CT molecular complexity index is 1030. The molecule has 4 rings (SSSR count). The Morgan fingerprint density at radius 3 is 2.61 bits per heavy atom. The van der Waals surface area contributed by atoms with Gasteiger partial charge in [0, 0.05) is 37.3 Å². The Labute approximate surface area is 195 Å². The fourth-order valence-electron chi connectivity index (χ4n) is 3.67. The third kappa shape index (κ3) is 5.59. The molecule has 10 nitrogen and oxygen atoms in total. The van der Waals surface area contributed by atoms with Crippen LogP contribution < -0.4 is 20.1 Å². The molecule has 1 saturated heterocycles. The minimum absolute atomic E-state index is 0.0566. The van der Waals surface area contributed by atoms with Gasteiger partial charge in [-0.1, -0.05) is 25.2 Å². The molecular formula is C22H27N5O5S. The Morgan fingerprint density at radius 2 is 1.85 bits per heavy atom. The van der Waals surface area contributed by atoms with Gasteiger partial charge in [-0.05, 0) is 37.3 Å². The van der Waals surface area contributed by atoms with E-state index in [9.17, 15) is 14.4 Å². The number of aromatic nitrogens is 2. The summed E-state index contributed by atoms with van der Waals surface area (Å²) in [5, 5.41) is 13.8. The Hall–Kier alpha value is -3.21. The largest absolute Gasteiger partial charge is 0.454 e. The highest BCUT2D eigenvalue weighted by molar-refractivity contribution is 7.15. The average molecular weight is 474 g/mol. The molecule has 2 N–H and O–H groups in total. The number of carbonyl (C=O) groups is 3. The van der Waals surface area contributed by atoms with Crippen molar-refractivity contribution < 1.29 is 23.9 Å². The predicted octanol–water partition coefficient (Wildman–Crippen LogP) is 2.53. The summed E-state index contributed by atoms with van der Waals surface area (Å²) < 4.78 is 10.6. The third-order valence-corrected chi connectivity index (χ3v) is 6.52. The van der Waals surface area contributed by atoms with Gasteiger partial charge in [0.05, 0.1) is 0 Å². The first kappa shape index (κ1) is 23.0. The summed E-state index contributed by atoms with van der Waals surface area (Å²) in [5.41, 5.74) is 0.529. The van der Waals surface area contributed by atoms with Crippen molar-refractivity contribution in [2.75, 3.05) is 31.7 Å². The van der Waals surface area contributed by atoms with Crippen molar-refractivity contribution in [2.45, 2.75) is 33.1 Å². The quantitative estimate of drug-likeness (QED) is 0.633. The average Bonchev–Trinajstić information content (AvgIpc) is 3.48. The van der Waals surface area contributed by atoms with Gasteiger partial charge < -0.3 is 25.0 Å². The second kappa shape index (κ2) is 10.2. The van der Waals surface area contributed by atoms with Crippen LogP contribution in [-0.4, -0.2) is 59.2 Å². The lowest BCUT2D eigenvalue weighted by Crippen LogP contribution is -2.43. The van der Waals surface area contributed by atoms with Gasteiger partial charge in [-0.25, -0.2) is 0 Å². The summed E-state index contributed by atoms with van der Waals surface area (Å²) in [6, 6.07) is 5.07. The molecule has 0 bridgehead atoms. The van der Waals surface area contributed by atoms with E-state index >= 15 is 0 Å². The van der Waals surface area contributed by atoms with Crippen molar-refractivity contribution in [1.29, 1.82) is 0 Å². The molecule has 0 spiro atoms. The molecule has 1 aromatic carbocycles. The van der Waals surface area contributed by atoms with Crippen molar-refractivity contribution in [1.82, 2.24) is 20.4 Å². The van der Waals surface area contributed by atoms with Crippen LogP contribution in [0, 0.1) is 11.8 Å². The van der Waals surface area contributed by atoms with Crippen molar-refractivity contribution in [2.24, 2.45) is 11.8 Å². The van der Waals surface area contributed by atoms with E-state index in [4.69, 9.17) is 9.47 Å². The molecule has 2 aliphatic rings. The van der Waals surface area contributed by atoms with Crippen molar-refractivity contribution >= 4 is 34.7 Å². The van der Waals surface area contributed by atoms with Crippen LogP contribution in [0.3, 0.4) is 0 Å². The van der Waals surface area contributed by atoms with Gasteiger partial charge >= 0.3 is 0 Å². The Kier molecular flexibility index (Phi) is 7.07. The molecule has 0 aliphatic carbocycles. The lowest BCUT2D eigenvalue weighted by atomic mass is 9.95. The smallest absolute Gasteiger partial charge is 0.286 e. The molecule has 176 valence electrons. The number of amides is 3. The molecule has 3 amide bonds. The first-order valence-electron chi connectivity index (χ1n) is 11.0. The van der Waals surface area contributed by atoms with E-state index in [1.165, 1.54) is 0 Å². The van der Waals surface area contributed by atoms with Gasteiger partial charge in [0.25, 0.3) is 11.8 Å². The van der Waals surface area contributed by atoms with Crippen LogP contribution in [0.25, 0.3) is 0 Å². The molecule has 2 aliphatic heterocycles. The summed E-state index contributed by atoms with van der Waals surface area (Å²) in [7, 11) is 0. The van der Waals surface area contributed by atoms with E-state index in [2.05, 4.69) is 34.7 Å². The summed E-state index contributed by atoms with van der Waals surface area (Å²) in [4.78, 5) is 39.3. The number of rotatable bonds is 7. The van der Waals surface area contributed by atoms with E-state index in [-0.39, 0.29) is 34.5 Å². The van der Waals surface area contributed by atoms with Crippen LogP contribution in [0.2, 0.25) is 0 Å². The van der Waals surface area contributed by atoms with Crippen molar-refractivity contribution in [3.63, 3.8) is 0 Å². The summed E-state index contributed by atoms with van der Waals surface area (Å²) >= 11 is 0.948. The molecule has 0 atom stereocenters. The number of benzene rings is 1. The lowest BCUT2D eigenvalue weighted by molar-refractivity contribution is -0.126. The van der Waals surface area contributed by atoms with Crippen LogP contribution in [0.5, 0.6) is 11.5 Å². The number of likely N-dealkylation sites (tertiary alicyclic amines) is 1. The zero-order valence-corrected chi connectivity index (χ0v) is 19.4. The molecule has 2 aromatic rings. The van der Waals surface area contributed by atoms with Gasteiger partial charge in [0.15, 0.2) is 11.5 Å². The van der Waals surface area contributed by atoms with Gasteiger partial charge in [0.2, 0.25) is 22.7 Å². The zero-order valence-electron chi connectivity index (χ0n) is 18.6. The Balaban J connectivity index is 1.28. The van der Waals surface area contributed by atoms with E-state index in [1.807, 2.05) is 0 Å². The third-order valence-electron chi connectivity index (χ3n) is 5.61. The number of piperidine rings is 1. The number of nitrogens with zero attached hydrogens (tertiary/aromatic N) is 3. The maximum atomic E-state index is 12.8. The van der Waals surface area contributed by atoms with Gasteiger partial charge in [-0.3, -0.25) is 14.4 Å². The SMILES string of the molecule is CC(C)CCNC(=O)C1CCN(C(=O)c2nnc(C(=O)Nc3ccc4c(c3)OCO4)s2)CC1. The molecule has 0 radical (unpaired) electrons. The van der Waals surface area contributed by atoms with Crippen LogP contribution in [-0.2, 0) is 4.79 Å². The number of hydrogen-bond acceptors (Lipinski definition) is 8. The molecule has 11 heteroatoms. The van der Waals surface area contributed by atoms with E-state index < -0.39 is 5.91 Å². The lowest BCUT2D eigenvalue weighted by Gasteiger charge is -2.30. The topological polar surface area (TPSA) is 123 Å². The summed E-state index contributed by atoms with van der Waals surface area (Å²) in [6.07, 6.45) is 2.16. The number of nitrogens with one attached hydrogen (secondary N) is 2. The van der Waals surface area contributed by atoms with Crippen LogP contribution in [0.4, 0.5) is 5.69 Å². The maximum absolute atomic E-state index is 12.8. The predicted molar refractivity (Wildman–Crippen MR) is 122 cm³/mol. The zero-order chi connectivity index (χ0) is 23.4. The van der Waals surface area contributed by atoms with Crippen molar-refractivity contribution in [3.05, 3.63) is 28.2 Å². The summed E-state index contributed by atoms with van der Waals surface area (Å²) in [5.74, 6) is 0.961. The fraction of sp³-hybridized carbons (Fsp3) is 0.500. The summed E-state index contributed by atoms with van der Waals surface area (Å²) in [6.45, 7) is 6.01. The first-order valence-corrected chi connectivity index (χ1v) is 11.8.